The zero-order chi connectivity index (χ0) is 29.0. The number of rotatable bonds is 9. The second-order valence-corrected chi connectivity index (χ2v) is 11.9. The van der Waals surface area contributed by atoms with Gasteiger partial charge in [0.05, 0.1) is 5.69 Å². The predicted molar refractivity (Wildman–Crippen MR) is 162 cm³/mol. The third-order valence-electron chi connectivity index (χ3n) is 7.35. The first-order chi connectivity index (χ1) is 19.0. The molecule has 7 nitrogen and oxygen atoms in total. The number of Topliss-reactive ketones (excluding diaryl/α,β-unsaturated/α-hetero) is 1. The molecular weight excluding hydrogens is 502 g/mol. The van der Waals surface area contributed by atoms with Crippen molar-refractivity contribution in [1.82, 2.24) is 4.57 Å². The Morgan fingerprint density at radius 3 is 2.58 bits per heavy atom. The summed E-state index contributed by atoms with van der Waals surface area (Å²) in [4.78, 5) is 39.8. The van der Waals surface area contributed by atoms with E-state index in [1.165, 1.54) is 0 Å². The summed E-state index contributed by atoms with van der Waals surface area (Å²) >= 11 is 0. The van der Waals surface area contributed by atoms with Gasteiger partial charge in [-0.2, -0.15) is 0 Å². The maximum atomic E-state index is 13.8. The maximum Gasteiger partial charge on any atom is 0.251 e. The second-order valence-electron chi connectivity index (χ2n) is 11.9. The molecule has 212 valence electrons. The molecule has 3 aromatic rings. The number of hydrogen-bond donors (Lipinski definition) is 2. The van der Waals surface area contributed by atoms with Gasteiger partial charge in [0.2, 0.25) is 5.91 Å². The van der Waals surface area contributed by atoms with Gasteiger partial charge in [0.15, 0.2) is 5.78 Å². The van der Waals surface area contributed by atoms with E-state index in [2.05, 4.69) is 31.4 Å². The average molecular weight is 544 g/mol. The molecule has 1 unspecified atom stereocenters. The first-order valence-corrected chi connectivity index (χ1v) is 14.2. The van der Waals surface area contributed by atoms with Gasteiger partial charge >= 0.3 is 0 Å². The van der Waals surface area contributed by atoms with E-state index in [0.29, 0.717) is 37.2 Å². The van der Waals surface area contributed by atoms with Crippen molar-refractivity contribution >= 4 is 23.1 Å². The molecule has 0 aliphatic carbocycles. The minimum Gasteiger partial charge on any atom is -0.490 e. The monoisotopic (exact) mass is 543 g/mol. The highest BCUT2D eigenvalue weighted by molar-refractivity contribution is 6.01. The van der Waals surface area contributed by atoms with E-state index in [1.54, 1.807) is 17.6 Å². The SMILES string of the molecule is CCc1cn(C(CCCC(C)(C)C)C(=O)Nc2ccc3c(c2)NCCO3)c(=O)cc1-c1cc(C)ccc1C(C)=O. The quantitative estimate of drug-likeness (QED) is 0.290. The summed E-state index contributed by atoms with van der Waals surface area (Å²) in [7, 11) is 0. The smallest absolute Gasteiger partial charge is 0.251 e. The molecule has 0 saturated carbocycles. The zero-order valence-electron chi connectivity index (χ0n) is 24.5. The predicted octanol–water partition coefficient (Wildman–Crippen LogP) is 6.79. The summed E-state index contributed by atoms with van der Waals surface area (Å²) in [5.41, 5.74) is 5.34. The van der Waals surface area contributed by atoms with Gasteiger partial charge in [-0.1, -0.05) is 57.9 Å². The number of aryl methyl sites for hydroxylation is 2. The molecule has 1 atom stereocenters. The van der Waals surface area contributed by atoms with E-state index in [-0.39, 0.29) is 22.7 Å². The van der Waals surface area contributed by atoms with Crippen LogP contribution in [0.2, 0.25) is 0 Å². The standard InChI is InChI=1S/C33H41N3O4/c1-7-23-20-36(31(38)19-26(23)27-17-21(2)10-12-25(27)22(3)37)29(9-8-14-33(4,5)6)32(39)35-24-11-13-30-28(18-24)34-15-16-40-30/h10-13,17-20,29,34H,7-9,14-16H2,1-6H3,(H,35,39). The van der Waals surface area contributed by atoms with Crippen molar-refractivity contribution in [3.8, 4) is 16.9 Å². The molecule has 0 bridgehead atoms. The fraction of sp³-hybridized carbons (Fsp3) is 0.424. The lowest BCUT2D eigenvalue weighted by Gasteiger charge is -2.24. The molecule has 1 aromatic heterocycles. The second kappa shape index (κ2) is 12.1. The summed E-state index contributed by atoms with van der Waals surface area (Å²) in [6, 6.07) is 12.1. The van der Waals surface area contributed by atoms with Crippen molar-refractivity contribution in [2.24, 2.45) is 5.41 Å². The first kappa shape index (κ1) is 29.1. The molecule has 0 spiro atoms. The van der Waals surface area contributed by atoms with Gasteiger partial charge in [-0.15, -0.1) is 0 Å². The summed E-state index contributed by atoms with van der Waals surface area (Å²) in [5.74, 6) is 0.472. The van der Waals surface area contributed by atoms with Gasteiger partial charge in [-0.25, -0.2) is 0 Å². The average Bonchev–Trinajstić information content (AvgIpc) is 2.90. The number of carbonyl (C=O) groups excluding carboxylic acids is 2. The van der Waals surface area contributed by atoms with Gasteiger partial charge in [0.1, 0.15) is 18.4 Å². The highest BCUT2D eigenvalue weighted by atomic mass is 16.5. The number of anilines is 2. The van der Waals surface area contributed by atoms with Crippen LogP contribution in [0, 0.1) is 12.3 Å². The lowest BCUT2D eigenvalue weighted by molar-refractivity contribution is -0.119. The summed E-state index contributed by atoms with van der Waals surface area (Å²) in [5, 5.41) is 6.34. The molecule has 0 radical (unpaired) electrons. The van der Waals surface area contributed by atoms with E-state index in [1.807, 2.05) is 56.4 Å². The molecule has 0 saturated heterocycles. The van der Waals surface area contributed by atoms with Crippen molar-refractivity contribution in [3.63, 3.8) is 0 Å². The zero-order valence-corrected chi connectivity index (χ0v) is 24.5. The minimum absolute atomic E-state index is 0.0504. The van der Waals surface area contributed by atoms with Crippen LogP contribution < -0.4 is 20.9 Å². The third kappa shape index (κ3) is 6.82. The van der Waals surface area contributed by atoms with Gasteiger partial charge in [0.25, 0.3) is 5.56 Å². The van der Waals surface area contributed by atoms with Crippen LogP contribution in [0.25, 0.3) is 11.1 Å². The number of pyridine rings is 1. The number of benzene rings is 2. The van der Waals surface area contributed by atoms with Crippen molar-refractivity contribution in [2.45, 2.75) is 73.3 Å². The van der Waals surface area contributed by atoms with E-state index in [4.69, 9.17) is 4.74 Å². The maximum absolute atomic E-state index is 13.8. The molecule has 0 fully saturated rings. The van der Waals surface area contributed by atoms with Crippen molar-refractivity contribution in [3.05, 3.63) is 75.7 Å². The molecule has 40 heavy (non-hydrogen) atoms. The number of ketones is 1. The van der Waals surface area contributed by atoms with Crippen molar-refractivity contribution < 1.29 is 14.3 Å². The van der Waals surface area contributed by atoms with E-state index in [9.17, 15) is 14.4 Å². The summed E-state index contributed by atoms with van der Waals surface area (Å²) in [6.45, 7) is 13.4. The van der Waals surface area contributed by atoms with Gasteiger partial charge in [0, 0.05) is 30.1 Å². The number of nitrogens with zero attached hydrogens (tertiary/aromatic N) is 1. The number of hydrogen-bond acceptors (Lipinski definition) is 5. The number of amides is 1. The van der Waals surface area contributed by atoms with Gasteiger partial charge in [-0.05, 0) is 73.4 Å². The Hall–Kier alpha value is -3.87. The van der Waals surface area contributed by atoms with Crippen LogP contribution in [-0.4, -0.2) is 29.4 Å². The lowest BCUT2D eigenvalue weighted by Crippen LogP contribution is -2.33. The molecule has 1 aliphatic rings. The minimum atomic E-state index is -0.681. The Bertz CT molecular complexity index is 1470. The fourth-order valence-electron chi connectivity index (χ4n) is 5.22. The molecular formula is C33H41N3O4. The molecule has 2 N–H and O–H groups in total. The Labute approximate surface area is 237 Å². The number of nitrogens with one attached hydrogen (secondary N) is 2. The van der Waals surface area contributed by atoms with Crippen LogP contribution in [0.5, 0.6) is 5.75 Å². The molecule has 1 amide bonds. The highest BCUT2D eigenvalue weighted by Crippen LogP contribution is 2.32. The van der Waals surface area contributed by atoms with Crippen LogP contribution in [0.1, 0.15) is 81.4 Å². The lowest BCUT2D eigenvalue weighted by atomic mass is 9.88. The molecule has 7 heteroatoms. The Balaban J connectivity index is 1.73. The number of carbonyl (C=O) groups is 2. The Morgan fingerprint density at radius 2 is 1.88 bits per heavy atom. The van der Waals surface area contributed by atoms with Crippen LogP contribution >= 0.6 is 0 Å². The molecule has 4 rings (SSSR count). The Morgan fingerprint density at radius 1 is 1.10 bits per heavy atom. The third-order valence-corrected chi connectivity index (χ3v) is 7.35. The van der Waals surface area contributed by atoms with E-state index < -0.39 is 6.04 Å². The van der Waals surface area contributed by atoms with Crippen LogP contribution in [-0.2, 0) is 11.2 Å². The van der Waals surface area contributed by atoms with Gasteiger partial charge < -0.3 is 19.9 Å². The fourth-order valence-corrected chi connectivity index (χ4v) is 5.22. The van der Waals surface area contributed by atoms with E-state index >= 15 is 0 Å². The van der Waals surface area contributed by atoms with Gasteiger partial charge in [-0.3, -0.25) is 14.4 Å². The van der Waals surface area contributed by atoms with Crippen LogP contribution in [0.4, 0.5) is 11.4 Å². The summed E-state index contributed by atoms with van der Waals surface area (Å²) < 4.78 is 7.24. The topological polar surface area (TPSA) is 89.4 Å². The largest absolute Gasteiger partial charge is 0.490 e. The normalized spacial score (nSPS) is 13.6. The van der Waals surface area contributed by atoms with Crippen LogP contribution in [0.3, 0.4) is 0 Å². The molecule has 2 heterocycles. The van der Waals surface area contributed by atoms with Crippen LogP contribution in [0.15, 0.2) is 53.5 Å². The molecule has 1 aliphatic heterocycles. The number of aromatic nitrogens is 1. The van der Waals surface area contributed by atoms with E-state index in [0.717, 1.165) is 46.5 Å². The number of fused-ring (bicyclic) bond motifs is 1. The first-order valence-electron chi connectivity index (χ1n) is 14.2. The van der Waals surface area contributed by atoms with Crippen molar-refractivity contribution in [1.29, 1.82) is 0 Å². The molecule has 2 aromatic carbocycles. The van der Waals surface area contributed by atoms with Crippen molar-refractivity contribution in [2.75, 3.05) is 23.8 Å². The summed E-state index contributed by atoms with van der Waals surface area (Å²) in [6.07, 6.45) is 4.71. The number of ether oxygens (including phenoxy) is 1. The highest BCUT2D eigenvalue weighted by Gasteiger charge is 2.25. The Kier molecular flexibility index (Phi) is 8.82.